The zero-order chi connectivity index (χ0) is 10.1. The average molecular weight is 179 g/mol. The number of hydrogen-bond donors (Lipinski definition) is 0. The highest BCUT2D eigenvalue weighted by atomic mass is 14.9. The van der Waals surface area contributed by atoms with Gasteiger partial charge in [-0.2, -0.15) is 0 Å². The van der Waals surface area contributed by atoms with Crippen molar-refractivity contribution >= 4 is 18.4 Å². The molecule has 0 fully saturated rings. The molecule has 0 aromatic carbocycles. The van der Waals surface area contributed by atoms with Crippen molar-refractivity contribution < 1.29 is 0 Å². The number of rotatable bonds is 4. The highest BCUT2D eigenvalue weighted by Crippen LogP contribution is 1.97. The van der Waals surface area contributed by atoms with Crippen molar-refractivity contribution in [2.75, 3.05) is 0 Å². The van der Waals surface area contributed by atoms with Crippen LogP contribution in [0.4, 0.5) is 0 Å². The van der Waals surface area contributed by atoms with Gasteiger partial charge in [-0.25, -0.2) is 15.0 Å². The van der Waals surface area contributed by atoms with Gasteiger partial charge < -0.3 is 0 Å². The van der Waals surface area contributed by atoms with Gasteiger partial charge in [0.15, 0.2) is 0 Å². The Bertz CT molecular complexity index is 224. The van der Waals surface area contributed by atoms with Crippen LogP contribution < -0.4 is 0 Å². The first-order valence-electron chi connectivity index (χ1n) is 4.45. The summed E-state index contributed by atoms with van der Waals surface area (Å²) in [6.45, 7) is 9.60. The van der Waals surface area contributed by atoms with Crippen molar-refractivity contribution in [3.05, 3.63) is 12.8 Å². The molecule has 0 aromatic rings. The number of amidine groups is 1. The van der Waals surface area contributed by atoms with Crippen LogP contribution in [-0.2, 0) is 0 Å². The predicted molar refractivity (Wildman–Crippen MR) is 59.7 cm³/mol. The molecule has 0 saturated carbocycles. The van der Waals surface area contributed by atoms with Crippen molar-refractivity contribution in [3.8, 4) is 0 Å². The van der Waals surface area contributed by atoms with Gasteiger partial charge in [-0.3, -0.25) is 0 Å². The summed E-state index contributed by atoms with van der Waals surface area (Å²) < 4.78 is 0. The van der Waals surface area contributed by atoms with Crippen LogP contribution in [0.1, 0.15) is 27.2 Å². The fraction of sp³-hybridized carbons (Fsp3) is 0.500. The molecule has 0 radical (unpaired) electrons. The Morgan fingerprint density at radius 1 is 1.46 bits per heavy atom. The van der Waals surface area contributed by atoms with E-state index in [4.69, 9.17) is 0 Å². The molecule has 0 rings (SSSR count). The predicted octanol–water partition coefficient (Wildman–Crippen LogP) is 2.69. The van der Waals surface area contributed by atoms with E-state index in [9.17, 15) is 0 Å². The molecule has 0 amide bonds. The van der Waals surface area contributed by atoms with Gasteiger partial charge in [0.1, 0.15) is 12.2 Å². The molecule has 0 N–H and O–H groups in total. The lowest BCUT2D eigenvalue weighted by molar-refractivity contribution is 0.875. The summed E-state index contributed by atoms with van der Waals surface area (Å²) >= 11 is 0. The van der Waals surface area contributed by atoms with Crippen LogP contribution in [-0.4, -0.2) is 18.4 Å². The van der Waals surface area contributed by atoms with Crippen LogP contribution in [0.5, 0.6) is 0 Å². The van der Waals surface area contributed by atoms with E-state index in [0.29, 0.717) is 5.92 Å². The molecule has 72 valence electrons. The lowest BCUT2D eigenvalue weighted by Crippen LogP contribution is -2.04. The van der Waals surface area contributed by atoms with E-state index in [1.54, 1.807) is 0 Å². The normalized spacial score (nSPS) is 13.4. The van der Waals surface area contributed by atoms with E-state index >= 15 is 0 Å². The van der Waals surface area contributed by atoms with E-state index in [2.05, 4.69) is 21.6 Å². The standard InChI is InChI=1S/C10H17N3/c1-5-7-12-10(9(3)4)13-8-11-6-2/h6-9H,2,5H2,1,3-4H3. The summed E-state index contributed by atoms with van der Waals surface area (Å²) in [5.41, 5.74) is 0. The van der Waals surface area contributed by atoms with Gasteiger partial charge in [0.05, 0.1) is 0 Å². The third-order valence-electron chi connectivity index (χ3n) is 1.28. The maximum absolute atomic E-state index is 4.21. The third-order valence-corrected chi connectivity index (χ3v) is 1.28. The van der Waals surface area contributed by atoms with Crippen molar-refractivity contribution in [2.45, 2.75) is 27.2 Å². The lowest BCUT2D eigenvalue weighted by atomic mass is 10.2. The van der Waals surface area contributed by atoms with Gasteiger partial charge in [0.2, 0.25) is 0 Å². The molecule has 0 atom stereocenters. The molecule has 0 spiro atoms. The highest BCUT2D eigenvalue weighted by molar-refractivity contribution is 5.95. The fourth-order valence-corrected chi connectivity index (χ4v) is 0.656. The molecule has 0 aliphatic heterocycles. The van der Waals surface area contributed by atoms with Crippen LogP contribution in [0.2, 0.25) is 0 Å². The van der Waals surface area contributed by atoms with Crippen molar-refractivity contribution in [3.63, 3.8) is 0 Å². The Morgan fingerprint density at radius 2 is 2.15 bits per heavy atom. The first-order valence-corrected chi connectivity index (χ1v) is 4.45. The van der Waals surface area contributed by atoms with E-state index in [1.807, 2.05) is 27.0 Å². The fourth-order valence-electron chi connectivity index (χ4n) is 0.656. The van der Waals surface area contributed by atoms with Crippen molar-refractivity contribution in [1.82, 2.24) is 0 Å². The third kappa shape index (κ3) is 5.96. The average Bonchev–Trinajstić information content (AvgIpc) is 2.10. The van der Waals surface area contributed by atoms with Gasteiger partial charge in [-0.15, -0.1) is 0 Å². The number of aliphatic imine (C=N–C) groups is 3. The van der Waals surface area contributed by atoms with Crippen LogP contribution in [0.25, 0.3) is 0 Å². The molecule has 13 heavy (non-hydrogen) atoms. The monoisotopic (exact) mass is 179 g/mol. The molecule has 0 heterocycles. The zero-order valence-electron chi connectivity index (χ0n) is 8.57. The van der Waals surface area contributed by atoms with Gasteiger partial charge in [0, 0.05) is 18.3 Å². The molecular weight excluding hydrogens is 162 g/mol. The Hall–Kier alpha value is -1.25. The summed E-state index contributed by atoms with van der Waals surface area (Å²) in [7, 11) is 0. The Morgan fingerprint density at radius 3 is 2.62 bits per heavy atom. The minimum absolute atomic E-state index is 0.319. The minimum Gasteiger partial charge on any atom is -0.245 e. The summed E-state index contributed by atoms with van der Waals surface area (Å²) in [4.78, 5) is 12.1. The first-order chi connectivity index (χ1) is 6.22. The SMILES string of the molecule is C=CN=CN=C(N=CCC)C(C)C. The largest absolute Gasteiger partial charge is 0.245 e. The van der Waals surface area contributed by atoms with Crippen LogP contribution in [0.15, 0.2) is 27.8 Å². The highest BCUT2D eigenvalue weighted by Gasteiger charge is 1.99. The van der Waals surface area contributed by atoms with Crippen molar-refractivity contribution in [2.24, 2.45) is 20.9 Å². The molecule has 0 aliphatic rings. The molecule has 0 saturated heterocycles. The van der Waals surface area contributed by atoms with E-state index in [1.165, 1.54) is 12.5 Å². The Balaban J connectivity index is 4.40. The van der Waals surface area contributed by atoms with Gasteiger partial charge in [0.25, 0.3) is 0 Å². The molecule has 0 aromatic heterocycles. The second-order valence-corrected chi connectivity index (χ2v) is 2.81. The molecule has 3 heteroatoms. The van der Waals surface area contributed by atoms with E-state index in [-0.39, 0.29) is 0 Å². The molecule has 0 bridgehead atoms. The summed E-state index contributed by atoms with van der Waals surface area (Å²) in [5.74, 6) is 1.12. The summed E-state index contributed by atoms with van der Waals surface area (Å²) in [6, 6.07) is 0. The van der Waals surface area contributed by atoms with Gasteiger partial charge in [-0.05, 0) is 6.42 Å². The van der Waals surface area contributed by atoms with Crippen LogP contribution in [0, 0.1) is 5.92 Å². The van der Waals surface area contributed by atoms with Crippen LogP contribution >= 0.6 is 0 Å². The molecular formula is C10H17N3. The Labute approximate surface area is 80.0 Å². The molecule has 0 unspecified atom stereocenters. The van der Waals surface area contributed by atoms with E-state index < -0.39 is 0 Å². The van der Waals surface area contributed by atoms with Crippen molar-refractivity contribution in [1.29, 1.82) is 0 Å². The second kappa shape index (κ2) is 7.40. The minimum atomic E-state index is 0.319. The quantitative estimate of drug-likeness (QED) is 0.470. The topological polar surface area (TPSA) is 37.1 Å². The summed E-state index contributed by atoms with van der Waals surface area (Å²) in [6.07, 6.45) is 5.69. The lowest BCUT2D eigenvalue weighted by Gasteiger charge is -2.01. The number of hydrogen-bond acceptors (Lipinski definition) is 1. The summed E-state index contributed by atoms with van der Waals surface area (Å²) in [5, 5.41) is 0. The maximum Gasteiger partial charge on any atom is 0.132 e. The van der Waals surface area contributed by atoms with Gasteiger partial charge in [-0.1, -0.05) is 27.4 Å². The second-order valence-electron chi connectivity index (χ2n) is 2.81. The molecule has 3 nitrogen and oxygen atoms in total. The number of nitrogens with zero attached hydrogens (tertiary/aromatic N) is 3. The smallest absolute Gasteiger partial charge is 0.132 e. The Kier molecular flexibility index (Phi) is 6.69. The van der Waals surface area contributed by atoms with Gasteiger partial charge >= 0.3 is 0 Å². The maximum atomic E-state index is 4.21. The van der Waals surface area contributed by atoms with E-state index in [0.717, 1.165) is 12.3 Å². The van der Waals surface area contributed by atoms with Crippen LogP contribution in [0.3, 0.4) is 0 Å². The first kappa shape index (κ1) is 11.8. The zero-order valence-corrected chi connectivity index (χ0v) is 8.57. The molecule has 0 aliphatic carbocycles.